The van der Waals surface area contributed by atoms with Gasteiger partial charge in [-0.1, -0.05) is 36.6 Å². The Hall–Kier alpha value is -1.20. The molecule has 0 saturated carbocycles. The van der Waals surface area contributed by atoms with Gasteiger partial charge in [-0.15, -0.1) is 0 Å². The minimum Gasteiger partial charge on any atom is -0.316 e. The fourth-order valence-corrected chi connectivity index (χ4v) is 4.88. The highest BCUT2D eigenvalue weighted by Crippen LogP contribution is 2.41. The van der Waals surface area contributed by atoms with Crippen LogP contribution in [0.2, 0.25) is 5.02 Å². The molecule has 0 spiro atoms. The van der Waals surface area contributed by atoms with Gasteiger partial charge in [0.2, 0.25) is 0 Å². The van der Waals surface area contributed by atoms with Gasteiger partial charge in [0.25, 0.3) is 0 Å². The molecule has 2 aliphatic rings. The number of piperidine rings is 1. The molecule has 1 aromatic carbocycles. The second kappa shape index (κ2) is 9.08. The molecule has 2 heterocycles. The molecule has 1 aromatic heterocycles. The van der Waals surface area contributed by atoms with Crippen molar-refractivity contribution in [2.75, 3.05) is 19.6 Å². The van der Waals surface area contributed by atoms with Crippen molar-refractivity contribution in [3.05, 3.63) is 67.9 Å². The Morgan fingerprint density at radius 1 is 1.25 bits per heavy atom. The molecular formula is C23H27BrClN3. The summed E-state index contributed by atoms with van der Waals surface area (Å²) in [5.74, 6) is 0. The van der Waals surface area contributed by atoms with Gasteiger partial charge in [-0.2, -0.15) is 0 Å². The number of hydrogen-bond acceptors (Lipinski definition) is 3. The monoisotopic (exact) mass is 459 g/mol. The summed E-state index contributed by atoms with van der Waals surface area (Å²) in [7, 11) is 0. The third-order valence-electron chi connectivity index (χ3n) is 5.74. The smallest absolute Gasteiger partial charge is 0.0756 e. The zero-order valence-electron chi connectivity index (χ0n) is 16.3. The summed E-state index contributed by atoms with van der Waals surface area (Å²) in [6.07, 6.45) is 7.37. The Labute approximate surface area is 181 Å². The van der Waals surface area contributed by atoms with E-state index in [4.69, 9.17) is 16.6 Å². The van der Waals surface area contributed by atoms with E-state index in [2.05, 4.69) is 51.7 Å². The lowest BCUT2D eigenvalue weighted by Crippen LogP contribution is -2.25. The van der Waals surface area contributed by atoms with Gasteiger partial charge in [-0.25, -0.2) is 0 Å². The highest BCUT2D eigenvalue weighted by atomic mass is 79.9. The molecule has 0 amide bonds. The van der Waals surface area contributed by atoms with E-state index in [1.165, 1.54) is 40.7 Å². The number of hydrogen-bond donors (Lipinski definition) is 2. The van der Waals surface area contributed by atoms with Gasteiger partial charge in [-0.05, 0) is 96.1 Å². The van der Waals surface area contributed by atoms with Crippen LogP contribution in [-0.4, -0.2) is 24.6 Å². The molecule has 148 valence electrons. The maximum absolute atomic E-state index is 6.40. The Morgan fingerprint density at radius 3 is 2.86 bits per heavy atom. The molecule has 1 aliphatic carbocycles. The maximum atomic E-state index is 6.40. The molecule has 5 heteroatoms. The average molecular weight is 461 g/mol. The predicted molar refractivity (Wildman–Crippen MR) is 121 cm³/mol. The first-order valence-electron chi connectivity index (χ1n) is 10.3. The first-order valence-corrected chi connectivity index (χ1v) is 11.4. The van der Waals surface area contributed by atoms with E-state index in [0.29, 0.717) is 0 Å². The molecule has 0 bridgehead atoms. The van der Waals surface area contributed by atoms with Crippen LogP contribution in [0.25, 0.3) is 5.57 Å². The maximum Gasteiger partial charge on any atom is 0.0756 e. The molecule has 28 heavy (non-hydrogen) atoms. The van der Waals surface area contributed by atoms with Crippen molar-refractivity contribution < 1.29 is 0 Å². The Balaban J connectivity index is 1.90. The standard InChI is InChI=1S/C23H27BrClN3/c1-2-3-8-27-21-12-16-11-18(25)4-5-19(16)22(15-6-9-26-10-7-15)23-20(21)13-17(24)14-28-23/h4-5,11,13-14,21,26-27H,2-3,6-10,12H2,1H3. The first kappa shape index (κ1) is 20.1. The molecular weight excluding hydrogens is 434 g/mol. The zero-order valence-corrected chi connectivity index (χ0v) is 18.7. The molecule has 1 fully saturated rings. The highest BCUT2D eigenvalue weighted by molar-refractivity contribution is 9.10. The summed E-state index contributed by atoms with van der Waals surface area (Å²) >= 11 is 10.1. The summed E-state index contributed by atoms with van der Waals surface area (Å²) < 4.78 is 1.03. The van der Waals surface area contributed by atoms with Crippen LogP contribution in [0.3, 0.4) is 0 Å². The second-order valence-corrected chi connectivity index (χ2v) is 9.04. The van der Waals surface area contributed by atoms with Crippen molar-refractivity contribution >= 4 is 33.1 Å². The Kier molecular flexibility index (Phi) is 6.52. The van der Waals surface area contributed by atoms with Crippen LogP contribution in [-0.2, 0) is 6.42 Å². The highest BCUT2D eigenvalue weighted by Gasteiger charge is 2.28. The van der Waals surface area contributed by atoms with E-state index in [1.54, 1.807) is 0 Å². The van der Waals surface area contributed by atoms with Gasteiger partial charge < -0.3 is 10.6 Å². The number of fused-ring (bicyclic) bond motifs is 2. The quantitative estimate of drug-likeness (QED) is 0.577. The summed E-state index contributed by atoms with van der Waals surface area (Å²) in [6.45, 7) is 5.31. The van der Waals surface area contributed by atoms with E-state index >= 15 is 0 Å². The molecule has 1 aliphatic heterocycles. The van der Waals surface area contributed by atoms with Gasteiger partial charge in [-0.3, -0.25) is 4.98 Å². The largest absolute Gasteiger partial charge is 0.316 e. The number of benzene rings is 1. The van der Waals surface area contributed by atoms with E-state index in [9.17, 15) is 0 Å². The normalized spacial score (nSPS) is 19.2. The number of pyridine rings is 1. The number of unbranched alkanes of at least 4 members (excludes halogenated alkanes) is 1. The van der Waals surface area contributed by atoms with E-state index in [0.717, 1.165) is 54.1 Å². The fraction of sp³-hybridized carbons (Fsp3) is 0.435. The summed E-state index contributed by atoms with van der Waals surface area (Å²) in [4.78, 5) is 4.94. The van der Waals surface area contributed by atoms with E-state index < -0.39 is 0 Å². The zero-order chi connectivity index (χ0) is 19.5. The SMILES string of the molecule is CCCCNC1Cc2cc(Cl)ccc2C(=C2CCNCC2)c2ncc(Br)cc21. The lowest BCUT2D eigenvalue weighted by Gasteiger charge is -2.22. The lowest BCUT2D eigenvalue weighted by molar-refractivity contribution is 0.517. The third kappa shape index (κ3) is 4.20. The van der Waals surface area contributed by atoms with Crippen LogP contribution >= 0.6 is 27.5 Å². The average Bonchev–Trinajstić information content (AvgIpc) is 2.83. The number of nitrogens with zero attached hydrogens (tertiary/aromatic N) is 1. The molecule has 2 aromatic rings. The van der Waals surface area contributed by atoms with Crippen LogP contribution < -0.4 is 10.6 Å². The number of halogens is 2. The summed E-state index contributed by atoms with van der Waals surface area (Å²) in [6, 6.07) is 8.85. The van der Waals surface area contributed by atoms with Crippen LogP contribution in [0.5, 0.6) is 0 Å². The number of aromatic nitrogens is 1. The van der Waals surface area contributed by atoms with E-state index in [-0.39, 0.29) is 6.04 Å². The van der Waals surface area contributed by atoms with Crippen LogP contribution in [0, 0.1) is 0 Å². The summed E-state index contributed by atoms with van der Waals surface area (Å²) in [5, 5.41) is 8.08. The molecule has 0 radical (unpaired) electrons. The van der Waals surface area contributed by atoms with E-state index in [1.807, 2.05) is 12.3 Å². The number of rotatable bonds is 4. The van der Waals surface area contributed by atoms with Gasteiger partial charge in [0.1, 0.15) is 0 Å². The minimum atomic E-state index is 0.239. The third-order valence-corrected chi connectivity index (χ3v) is 6.41. The molecule has 1 saturated heterocycles. The second-order valence-electron chi connectivity index (χ2n) is 7.69. The summed E-state index contributed by atoms with van der Waals surface area (Å²) in [5.41, 5.74) is 7.88. The Bertz CT molecular complexity index is 885. The van der Waals surface area contributed by atoms with Crippen LogP contribution in [0.15, 0.2) is 40.5 Å². The Morgan fingerprint density at radius 2 is 2.07 bits per heavy atom. The van der Waals surface area contributed by atoms with Crippen LogP contribution in [0.1, 0.15) is 61.0 Å². The first-order chi connectivity index (χ1) is 13.7. The molecule has 2 N–H and O–H groups in total. The van der Waals surface area contributed by atoms with Crippen molar-refractivity contribution in [3.8, 4) is 0 Å². The van der Waals surface area contributed by atoms with Gasteiger partial charge in [0.05, 0.1) is 5.69 Å². The molecule has 3 nitrogen and oxygen atoms in total. The van der Waals surface area contributed by atoms with Gasteiger partial charge in [0, 0.05) is 27.3 Å². The van der Waals surface area contributed by atoms with Crippen molar-refractivity contribution in [2.24, 2.45) is 0 Å². The van der Waals surface area contributed by atoms with Crippen molar-refractivity contribution in [1.82, 2.24) is 15.6 Å². The van der Waals surface area contributed by atoms with Gasteiger partial charge in [0.15, 0.2) is 0 Å². The van der Waals surface area contributed by atoms with Gasteiger partial charge >= 0.3 is 0 Å². The number of nitrogens with one attached hydrogen (secondary N) is 2. The fourth-order valence-electron chi connectivity index (χ4n) is 4.33. The van der Waals surface area contributed by atoms with Crippen LogP contribution in [0.4, 0.5) is 0 Å². The predicted octanol–water partition coefficient (Wildman–Crippen LogP) is 5.67. The molecule has 1 atom stereocenters. The topological polar surface area (TPSA) is 37.0 Å². The van der Waals surface area contributed by atoms with Crippen molar-refractivity contribution in [3.63, 3.8) is 0 Å². The lowest BCUT2D eigenvalue weighted by atomic mass is 9.89. The minimum absolute atomic E-state index is 0.239. The molecule has 1 unspecified atom stereocenters. The molecule has 4 rings (SSSR count). The van der Waals surface area contributed by atoms with Crippen molar-refractivity contribution in [2.45, 2.75) is 45.1 Å². The van der Waals surface area contributed by atoms with Crippen molar-refractivity contribution in [1.29, 1.82) is 0 Å².